The molecule has 0 amide bonds. The molecule has 0 saturated heterocycles. The van der Waals surface area contributed by atoms with Crippen molar-refractivity contribution >= 4 is 26.2 Å². The van der Waals surface area contributed by atoms with Gasteiger partial charge in [-0.3, -0.25) is 0 Å². The molecule has 0 aromatic carbocycles. The van der Waals surface area contributed by atoms with Gasteiger partial charge in [-0.2, -0.15) is 0 Å². The topological polar surface area (TPSA) is 78.9 Å². The second kappa shape index (κ2) is 18.9. The zero-order valence-corrected chi connectivity index (χ0v) is 22.1. The predicted octanol–water partition coefficient (Wildman–Crippen LogP) is 6.49. The van der Waals surface area contributed by atoms with Gasteiger partial charge in [0.05, 0.1) is 6.61 Å². The van der Waals surface area contributed by atoms with Crippen molar-refractivity contribution in [3.63, 3.8) is 0 Å². The molecule has 0 saturated carbocycles. The highest BCUT2D eigenvalue weighted by molar-refractivity contribution is 6.75. The van der Waals surface area contributed by atoms with Crippen molar-refractivity contribution in [1.82, 2.24) is 0 Å². The van der Waals surface area contributed by atoms with Crippen LogP contribution in [0.15, 0.2) is 12.2 Å². The van der Waals surface area contributed by atoms with Gasteiger partial charge in [-0.25, -0.2) is 14.4 Å². The minimum Gasteiger partial charge on any atom is -0.516 e. The van der Waals surface area contributed by atoms with Crippen LogP contribution in [0.1, 0.15) is 98.8 Å². The molecular formula is C25H46O6Si. The van der Waals surface area contributed by atoms with E-state index >= 15 is 0 Å². The number of ether oxygens (including phenoxy) is 2. The van der Waals surface area contributed by atoms with Crippen LogP contribution in [0.2, 0.25) is 18.1 Å². The lowest BCUT2D eigenvalue weighted by molar-refractivity contribution is -0.160. The quantitative estimate of drug-likeness (QED) is 0.0929. The van der Waals surface area contributed by atoms with Gasteiger partial charge in [0, 0.05) is 12.2 Å². The minimum atomic E-state index is -2.25. The third kappa shape index (κ3) is 13.7. The number of hydrogen-bond acceptors (Lipinski definition) is 6. The molecule has 1 atom stereocenters. The average Bonchev–Trinajstić information content (AvgIpc) is 2.78. The van der Waals surface area contributed by atoms with Crippen molar-refractivity contribution < 1.29 is 28.3 Å². The SMILES string of the molecule is CCCCOC(=O)/C=C\C(=O)OC(CCC)C(=O)O[Si](CCCC)(CCCC)CCCC. The van der Waals surface area contributed by atoms with Crippen LogP contribution >= 0.6 is 0 Å². The molecule has 0 fully saturated rings. The summed E-state index contributed by atoms with van der Waals surface area (Å²) < 4.78 is 16.7. The molecule has 0 aliphatic heterocycles. The van der Waals surface area contributed by atoms with E-state index in [4.69, 9.17) is 13.9 Å². The Morgan fingerprint density at radius 2 is 1.22 bits per heavy atom. The molecule has 32 heavy (non-hydrogen) atoms. The van der Waals surface area contributed by atoms with E-state index in [1.165, 1.54) is 0 Å². The van der Waals surface area contributed by atoms with Crippen LogP contribution < -0.4 is 0 Å². The molecule has 0 aliphatic carbocycles. The Morgan fingerprint density at radius 3 is 1.69 bits per heavy atom. The van der Waals surface area contributed by atoms with E-state index in [1.807, 2.05) is 13.8 Å². The Bertz CT molecular complexity index is 539. The van der Waals surface area contributed by atoms with Gasteiger partial charge in [-0.15, -0.1) is 0 Å². The fourth-order valence-electron chi connectivity index (χ4n) is 3.47. The molecule has 186 valence electrons. The first-order chi connectivity index (χ1) is 15.4. The Morgan fingerprint density at radius 1 is 0.719 bits per heavy atom. The Hall–Kier alpha value is -1.63. The van der Waals surface area contributed by atoms with Crippen LogP contribution in [-0.4, -0.2) is 38.9 Å². The molecule has 7 heteroatoms. The van der Waals surface area contributed by atoms with E-state index in [-0.39, 0.29) is 0 Å². The fraction of sp³-hybridized carbons (Fsp3) is 0.800. The maximum absolute atomic E-state index is 13.1. The first-order valence-electron chi connectivity index (χ1n) is 12.7. The Kier molecular flexibility index (Phi) is 17.9. The summed E-state index contributed by atoms with van der Waals surface area (Å²) in [6.07, 6.45) is 10.3. The molecule has 0 spiro atoms. The highest BCUT2D eigenvalue weighted by atomic mass is 28.4. The van der Waals surface area contributed by atoms with Crippen molar-refractivity contribution in [2.75, 3.05) is 6.61 Å². The summed E-state index contributed by atoms with van der Waals surface area (Å²) >= 11 is 0. The van der Waals surface area contributed by atoms with Crippen molar-refractivity contribution in [2.24, 2.45) is 0 Å². The van der Waals surface area contributed by atoms with Gasteiger partial charge in [-0.05, 0) is 31.0 Å². The summed E-state index contributed by atoms with van der Waals surface area (Å²) in [5.41, 5.74) is 0. The van der Waals surface area contributed by atoms with E-state index in [0.29, 0.717) is 19.4 Å². The Balaban J connectivity index is 5.22. The number of carbonyl (C=O) groups excluding carboxylic acids is 3. The molecule has 0 rings (SSSR count). The summed E-state index contributed by atoms with van der Waals surface area (Å²) in [5, 5.41) is 0. The molecule has 0 bridgehead atoms. The summed E-state index contributed by atoms with van der Waals surface area (Å²) in [7, 11) is -2.25. The number of rotatable bonds is 19. The van der Waals surface area contributed by atoms with Gasteiger partial charge >= 0.3 is 17.9 Å². The van der Waals surface area contributed by atoms with E-state index in [1.54, 1.807) is 0 Å². The van der Waals surface area contributed by atoms with Crippen molar-refractivity contribution in [2.45, 2.75) is 123 Å². The monoisotopic (exact) mass is 470 g/mol. The van der Waals surface area contributed by atoms with E-state index < -0.39 is 32.3 Å². The third-order valence-electron chi connectivity index (χ3n) is 5.44. The molecule has 0 aromatic rings. The third-order valence-corrected chi connectivity index (χ3v) is 9.87. The maximum Gasteiger partial charge on any atom is 0.334 e. The van der Waals surface area contributed by atoms with Crippen LogP contribution in [0.5, 0.6) is 0 Å². The van der Waals surface area contributed by atoms with Gasteiger partial charge in [0.15, 0.2) is 6.10 Å². The predicted molar refractivity (Wildman–Crippen MR) is 131 cm³/mol. The van der Waals surface area contributed by atoms with Crippen LogP contribution in [0, 0.1) is 0 Å². The molecular weight excluding hydrogens is 424 g/mol. The number of unbranched alkanes of at least 4 members (excludes halogenated alkanes) is 4. The van der Waals surface area contributed by atoms with Gasteiger partial charge < -0.3 is 13.9 Å². The second-order valence-corrected chi connectivity index (χ2v) is 12.6. The lowest BCUT2D eigenvalue weighted by Crippen LogP contribution is -2.44. The van der Waals surface area contributed by atoms with Gasteiger partial charge in [0.1, 0.15) is 0 Å². The first kappa shape index (κ1) is 30.4. The van der Waals surface area contributed by atoms with Gasteiger partial charge in [-0.1, -0.05) is 86.0 Å². The number of hydrogen-bond donors (Lipinski definition) is 0. The smallest absolute Gasteiger partial charge is 0.334 e. The lowest BCUT2D eigenvalue weighted by Gasteiger charge is -2.33. The maximum atomic E-state index is 13.1. The van der Waals surface area contributed by atoms with Crippen molar-refractivity contribution in [3.8, 4) is 0 Å². The Labute approximate surface area is 196 Å². The number of carbonyl (C=O) groups is 3. The molecule has 0 aliphatic rings. The van der Waals surface area contributed by atoms with Gasteiger partial charge in [0.2, 0.25) is 0 Å². The normalized spacial score (nSPS) is 12.5. The van der Waals surface area contributed by atoms with E-state index in [9.17, 15) is 14.4 Å². The highest BCUT2D eigenvalue weighted by Gasteiger charge is 2.39. The minimum absolute atomic E-state index is 0.319. The molecule has 6 nitrogen and oxygen atoms in total. The van der Waals surface area contributed by atoms with E-state index in [2.05, 4.69) is 20.8 Å². The summed E-state index contributed by atoms with van der Waals surface area (Å²) in [5.74, 6) is -1.74. The van der Waals surface area contributed by atoms with E-state index in [0.717, 1.165) is 81.7 Å². The van der Waals surface area contributed by atoms with Crippen molar-refractivity contribution in [3.05, 3.63) is 12.2 Å². The zero-order valence-electron chi connectivity index (χ0n) is 21.1. The summed E-state index contributed by atoms with van der Waals surface area (Å²) in [6.45, 7) is 10.7. The largest absolute Gasteiger partial charge is 0.516 e. The second-order valence-electron chi connectivity index (χ2n) is 8.48. The fourth-order valence-corrected chi connectivity index (χ4v) is 8.08. The van der Waals surface area contributed by atoms with Crippen molar-refractivity contribution in [1.29, 1.82) is 0 Å². The first-order valence-corrected chi connectivity index (χ1v) is 15.2. The molecule has 0 aromatic heterocycles. The molecule has 1 unspecified atom stereocenters. The van der Waals surface area contributed by atoms with Gasteiger partial charge in [0.25, 0.3) is 8.32 Å². The molecule has 0 radical (unpaired) electrons. The van der Waals surface area contributed by atoms with Crippen LogP contribution in [0.4, 0.5) is 0 Å². The standard InChI is InChI=1S/C25H46O6Si/c1-6-11-18-29-23(26)16-17-24(27)30-22(15-10-5)25(28)31-32(19-12-7-2,20-13-8-3)21-14-9-4/h16-17,22H,6-15,18-21H2,1-5H3/b17-16-. The number of esters is 2. The van der Waals surface area contributed by atoms with Crippen LogP contribution in [-0.2, 0) is 28.3 Å². The summed E-state index contributed by atoms with van der Waals surface area (Å²) in [4.78, 5) is 37.0. The van der Waals surface area contributed by atoms with Crippen LogP contribution in [0.25, 0.3) is 0 Å². The molecule has 0 N–H and O–H groups in total. The highest BCUT2D eigenvalue weighted by Crippen LogP contribution is 2.30. The van der Waals surface area contributed by atoms with Crippen LogP contribution in [0.3, 0.4) is 0 Å². The zero-order chi connectivity index (χ0) is 24.2. The average molecular weight is 471 g/mol. The molecule has 0 heterocycles. The lowest BCUT2D eigenvalue weighted by atomic mass is 10.2. The summed E-state index contributed by atoms with van der Waals surface area (Å²) in [6, 6.07) is 2.89.